The predicted octanol–water partition coefficient (Wildman–Crippen LogP) is 4.03. The lowest BCUT2D eigenvalue weighted by atomic mass is 10.1. The zero-order valence-corrected chi connectivity index (χ0v) is 12.3. The molecule has 3 nitrogen and oxygen atoms in total. The summed E-state index contributed by atoms with van der Waals surface area (Å²) in [4.78, 5) is 12.4. The molecule has 0 saturated heterocycles. The number of nitrogens with zero attached hydrogens (tertiary/aromatic N) is 2. The summed E-state index contributed by atoms with van der Waals surface area (Å²) in [7, 11) is 0. The second kappa shape index (κ2) is 5.88. The molecule has 22 heavy (non-hydrogen) atoms. The SMILES string of the molecule is N#Cc1cc(-c2ccccc2)cn(-c2cccc(Cl)c2)c1=O. The van der Waals surface area contributed by atoms with Gasteiger partial charge in [-0.15, -0.1) is 0 Å². The highest BCUT2D eigenvalue weighted by atomic mass is 35.5. The van der Waals surface area contributed by atoms with Gasteiger partial charge < -0.3 is 0 Å². The van der Waals surface area contributed by atoms with Crippen LogP contribution in [0.25, 0.3) is 16.8 Å². The predicted molar refractivity (Wildman–Crippen MR) is 87.2 cm³/mol. The van der Waals surface area contributed by atoms with E-state index in [4.69, 9.17) is 11.6 Å². The Kier molecular flexibility index (Phi) is 3.78. The first-order valence-corrected chi connectivity index (χ1v) is 7.05. The van der Waals surface area contributed by atoms with Crippen LogP contribution in [0, 0.1) is 11.3 Å². The van der Waals surface area contributed by atoms with Crippen LogP contribution in [0.1, 0.15) is 5.56 Å². The summed E-state index contributed by atoms with van der Waals surface area (Å²) in [5, 5.41) is 9.76. The molecule has 3 aromatic rings. The van der Waals surface area contributed by atoms with E-state index in [-0.39, 0.29) is 11.1 Å². The van der Waals surface area contributed by atoms with E-state index in [0.717, 1.165) is 11.1 Å². The number of benzene rings is 2. The molecule has 0 atom stereocenters. The highest BCUT2D eigenvalue weighted by Crippen LogP contribution is 2.21. The normalized spacial score (nSPS) is 10.2. The smallest absolute Gasteiger partial charge is 0.273 e. The first kappa shape index (κ1) is 14.1. The van der Waals surface area contributed by atoms with Crippen molar-refractivity contribution >= 4 is 11.6 Å². The molecule has 0 N–H and O–H groups in total. The number of halogens is 1. The lowest BCUT2D eigenvalue weighted by Gasteiger charge is -2.10. The van der Waals surface area contributed by atoms with Crippen molar-refractivity contribution in [3.63, 3.8) is 0 Å². The van der Waals surface area contributed by atoms with Crippen LogP contribution >= 0.6 is 11.6 Å². The highest BCUT2D eigenvalue weighted by Gasteiger charge is 2.09. The van der Waals surface area contributed by atoms with Gasteiger partial charge in [-0.25, -0.2) is 0 Å². The standard InChI is InChI=1S/C18H11ClN2O/c19-16-7-4-8-17(10-16)21-12-15(9-14(11-20)18(21)22)13-5-2-1-3-6-13/h1-10,12H. The van der Waals surface area contributed by atoms with E-state index < -0.39 is 0 Å². The van der Waals surface area contributed by atoms with E-state index in [2.05, 4.69) is 0 Å². The average molecular weight is 307 g/mol. The molecule has 106 valence electrons. The molecule has 0 radical (unpaired) electrons. The van der Waals surface area contributed by atoms with Crippen molar-refractivity contribution in [1.29, 1.82) is 5.26 Å². The Labute approximate surface area is 132 Å². The lowest BCUT2D eigenvalue weighted by molar-refractivity contribution is 0.984. The third-order valence-corrected chi connectivity index (χ3v) is 3.57. The maximum absolute atomic E-state index is 12.4. The third-order valence-electron chi connectivity index (χ3n) is 3.33. The van der Waals surface area contributed by atoms with Gasteiger partial charge in [0.1, 0.15) is 11.6 Å². The van der Waals surface area contributed by atoms with Crippen molar-refractivity contribution in [1.82, 2.24) is 4.57 Å². The molecule has 1 aromatic heterocycles. The van der Waals surface area contributed by atoms with Crippen LogP contribution in [0.4, 0.5) is 0 Å². The Hall–Kier alpha value is -2.83. The van der Waals surface area contributed by atoms with E-state index in [1.165, 1.54) is 4.57 Å². The third kappa shape index (κ3) is 2.65. The minimum Gasteiger partial charge on any atom is -0.283 e. The molecular weight excluding hydrogens is 296 g/mol. The topological polar surface area (TPSA) is 45.8 Å². The van der Waals surface area contributed by atoms with Gasteiger partial charge in [-0.2, -0.15) is 5.26 Å². The molecule has 0 aliphatic carbocycles. The van der Waals surface area contributed by atoms with Crippen molar-refractivity contribution in [2.45, 2.75) is 0 Å². The van der Waals surface area contributed by atoms with Gasteiger partial charge in [-0.05, 0) is 35.4 Å². The van der Waals surface area contributed by atoms with Gasteiger partial charge in [0.15, 0.2) is 0 Å². The van der Waals surface area contributed by atoms with Gasteiger partial charge in [-0.1, -0.05) is 48.0 Å². The maximum Gasteiger partial charge on any atom is 0.273 e. The number of pyridine rings is 1. The van der Waals surface area contributed by atoms with Gasteiger partial charge in [0.25, 0.3) is 5.56 Å². The summed E-state index contributed by atoms with van der Waals surface area (Å²) in [6.07, 6.45) is 1.73. The van der Waals surface area contributed by atoms with E-state index in [1.807, 2.05) is 36.4 Å². The summed E-state index contributed by atoms with van der Waals surface area (Å²) in [5.74, 6) is 0. The highest BCUT2D eigenvalue weighted by molar-refractivity contribution is 6.30. The Morgan fingerprint density at radius 1 is 0.955 bits per heavy atom. The second-order valence-electron chi connectivity index (χ2n) is 4.78. The van der Waals surface area contributed by atoms with Crippen molar-refractivity contribution in [2.75, 3.05) is 0 Å². The molecule has 0 fully saturated rings. The van der Waals surface area contributed by atoms with E-state index >= 15 is 0 Å². The van der Waals surface area contributed by atoms with Crippen molar-refractivity contribution in [3.8, 4) is 22.9 Å². The quantitative estimate of drug-likeness (QED) is 0.717. The monoisotopic (exact) mass is 306 g/mol. The number of rotatable bonds is 2. The summed E-state index contributed by atoms with van der Waals surface area (Å²) < 4.78 is 1.45. The fraction of sp³-hybridized carbons (Fsp3) is 0. The number of aromatic nitrogens is 1. The van der Waals surface area contributed by atoms with Crippen LogP contribution in [0.15, 0.2) is 71.7 Å². The molecule has 4 heteroatoms. The van der Waals surface area contributed by atoms with Gasteiger partial charge in [0.2, 0.25) is 0 Å². The fourth-order valence-electron chi connectivity index (χ4n) is 2.27. The Bertz CT molecular complexity index is 924. The van der Waals surface area contributed by atoms with Crippen LogP contribution in [0.5, 0.6) is 0 Å². The zero-order chi connectivity index (χ0) is 15.5. The number of nitriles is 1. The molecular formula is C18H11ClN2O. The number of hydrogen-bond acceptors (Lipinski definition) is 2. The summed E-state index contributed by atoms with van der Waals surface area (Å²) in [5.41, 5.74) is 2.11. The van der Waals surface area contributed by atoms with Crippen molar-refractivity contribution in [3.05, 3.63) is 87.8 Å². The van der Waals surface area contributed by atoms with Gasteiger partial charge in [0, 0.05) is 11.2 Å². The minimum absolute atomic E-state index is 0.0985. The number of hydrogen-bond donors (Lipinski definition) is 0. The molecule has 0 spiro atoms. The minimum atomic E-state index is -0.357. The molecule has 0 unspecified atom stereocenters. The average Bonchev–Trinajstić information content (AvgIpc) is 2.56. The summed E-state index contributed by atoms with van der Waals surface area (Å²) in [6.45, 7) is 0. The second-order valence-corrected chi connectivity index (χ2v) is 5.21. The molecule has 1 heterocycles. The van der Waals surface area contributed by atoms with Crippen LogP contribution in [0.2, 0.25) is 5.02 Å². The molecule has 0 bridgehead atoms. The van der Waals surface area contributed by atoms with Crippen LogP contribution in [-0.2, 0) is 0 Å². The fourth-order valence-corrected chi connectivity index (χ4v) is 2.45. The van der Waals surface area contributed by atoms with Gasteiger partial charge in [-0.3, -0.25) is 9.36 Å². The summed E-state index contributed by atoms with van der Waals surface area (Å²) >= 11 is 6.00. The first-order valence-electron chi connectivity index (χ1n) is 6.67. The molecule has 0 saturated carbocycles. The first-order chi connectivity index (χ1) is 10.7. The molecule has 2 aromatic carbocycles. The Balaban J connectivity index is 2.27. The van der Waals surface area contributed by atoms with E-state index in [9.17, 15) is 10.1 Å². The molecule has 0 amide bonds. The van der Waals surface area contributed by atoms with Crippen molar-refractivity contribution in [2.24, 2.45) is 0 Å². The van der Waals surface area contributed by atoms with Gasteiger partial charge >= 0.3 is 0 Å². The van der Waals surface area contributed by atoms with Crippen LogP contribution in [-0.4, -0.2) is 4.57 Å². The van der Waals surface area contributed by atoms with Crippen LogP contribution < -0.4 is 5.56 Å². The van der Waals surface area contributed by atoms with E-state index in [1.54, 1.807) is 36.5 Å². The van der Waals surface area contributed by atoms with Gasteiger partial charge in [0.05, 0.1) is 5.69 Å². The zero-order valence-electron chi connectivity index (χ0n) is 11.5. The van der Waals surface area contributed by atoms with E-state index in [0.29, 0.717) is 10.7 Å². The maximum atomic E-state index is 12.4. The Morgan fingerprint density at radius 3 is 2.41 bits per heavy atom. The van der Waals surface area contributed by atoms with Crippen LogP contribution in [0.3, 0.4) is 0 Å². The van der Waals surface area contributed by atoms with Crippen molar-refractivity contribution < 1.29 is 0 Å². The molecule has 0 aliphatic rings. The summed E-state index contributed by atoms with van der Waals surface area (Å²) in [6, 6.07) is 20.2. The Morgan fingerprint density at radius 2 is 1.73 bits per heavy atom. The lowest BCUT2D eigenvalue weighted by Crippen LogP contribution is -2.20. The molecule has 0 aliphatic heterocycles. The molecule has 3 rings (SSSR count). The largest absolute Gasteiger partial charge is 0.283 e.